The van der Waals surface area contributed by atoms with Gasteiger partial charge in [-0.1, -0.05) is 20.8 Å². The van der Waals surface area contributed by atoms with Crippen LogP contribution < -0.4 is 5.73 Å². The zero-order valence-electron chi connectivity index (χ0n) is 8.45. The quantitative estimate of drug-likeness (QED) is 0.678. The number of hydrogen-bond acceptors (Lipinski definition) is 3. The fourth-order valence-electron chi connectivity index (χ4n) is 0.919. The highest BCUT2D eigenvalue weighted by Crippen LogP contribution is 2.20. The van der Waals surface area contributed by atoms with Gasteiger partial charge in [0.1, 0.15) is 0 Å². The van der Waals surface area contributed by atoms with Crippen LogP contribution in [-0.4, -0.2) is 24.8 Å². The molecule has 0 aliphatic carbocycles. The largest absolute Gasteiger partial charge is 0.327 e. The SMILES string of the molecule is CC(C)(C)C(N)CCCS(=O)(=O)O. The molecule has 0 spiro atoms. The molecule has 0 rings (SSSR count). The van der Waals surface area contributed by atoms with Crippen LogP contribution in [0, 0.1) is 5.41 Å². The minimum atomic E-state index is -3.82. The second-order valence-corrected chi connectivity index (χ2v) is 5.97. The van der Waals surface area contributed by atoms with Crippen molar-refractivity contribution in [1.29, 1.82) is 0 Å². The molecule has 0 aromatic carbocycles. The Hall–Kier alpha value is -0.130. The van der Waals surface area contributed by atoms with Crippen LogP contribution >= 0.6 is 0 Å². The fraction of sp³-hybridized carbons (Fsp3) is 1.00. The van der Waals surface area contributed by atoms with Gasteiger partial charge < -0.3 is 5.73 Å². The highest BCUT2D eigenvalue weighted by molar-refractivity contribution is 7.85. The summed E-state index contributed by atoms with van der Waals surface area (Å²) in [7, 11) is -3.82. The fourth-order valence-corrected chi connectivity index (χ4v) is 1.45. The molecule has 0 heterocycles. The minimum Gasteiger partial charge on any atom is -0.327 e. The summed E-state index contributed by atoms with van der Waals surface area (Å²) >= 11 is 0. The molecular weight excluding hydrogens is 190 g/mol. The number of hydrogen-bond donors (Lipinski definition) is 2. The first kappa shape index (κ1) is 12.9. The summed E-state index contributed by atoms with van der Waals surface area (Å²) in [6.07, 6.45) is 1.03. The van der Waals surface area contributed by atoms with Crippen LogP contribution in [0.3, 0.4) is 0 Å². The Kier molecular flexibility index (Phi) is 4.35. The molecule has 0 aliphatic rings. The monoisotopic (exact) mass is 209 g/mol. The van der Waals surface area contributed by atoms with Crippen LogP contribution in [0.2, 0.25) is 0 Å². The van der Waals surface area contributed by atoms with Gasteiger partial charge in [-0.25, -0.2) is 0 Å². The standard InChI is InChI=1S/C8H19NO3S/c1-8(2,3)7(9)5-4-6-13(10,11)12/h7H,4-6,9H2,1-3H3,(H,10,11,12). The van der Waals surface area contributed by atoms with Crippen LogP contribution in [0.15, 0.2) is 0 Å². The molecule has 4 nitrogen and oxygen atoms in total. The van der Waals surface area contributed by atoms with Crippen LogP contribution in [0.4, 0.5) is 0 Å². The molecule has 13 heavy (non-hydrogen) atoms. The zero-order valence-corrected chi connectivity index (χ0v) is 9.26. The molecular formula is C8H19NO3S. The highest BCUT2D eigenvalue weighted by Gasteiger charge is 2.20. The van der Waals surface area contributed by atoms with Crippen molar-refractivity contribution in [2.75, 3.05) is 5.75 Å². The highest BCUT2D eigenvalue weighted by atomic mass is 32.2. The van der Waals surface area contributed by atoms with Crippen molar-refractivity contribution in [3.63, 3.8) is 0 Å². The first-order valence-corrected chi connectivity index (χ1v) is 5.94. The normalized spacial score (nSPS) is 15.8. The predicted molar refractivity (Wildman–Crippen MR) is 53.1 cm³/mol. The van der Waals surface area contributed by atoms with Gasteiger partial charge >= 0.3 is 0 Å². The average molecular weight is 209 g/mol. The Morgan fingerprint density at radius 1 is 1.38 bits per heavy atom. The van der Waals surface area contributed by atoms with E-state index >= 15 is 0 Å². The van der Waals surface area contributed by atoms with E-state index in [1.165, 1.54) is 0 Å². The van der Waals surface area contributed by atoms with E-state index in [-0.39, 0.29) is 17.2 Å². The van der Waals surface area contributed by atoms with Gasteiger partial charge in [-0.3, -0.25) is 4.55 Å². The Balaban J connectivity index is 3.80. The van der Waals surface area contributed by atoms with Gasteiger partial charge in [0.05, 0.1) is 5.75 Å². The smallest absolute Gasteiger partial charge is 0.264 e. The number of rotatable bonds is 4. The molecule has 1 atom stereocenters. The summed E-state index contributed by atoms with van der Waals surface area (Å²) in [6.45, 7) is 6.02. The maximum Gasteiger partial charge on any atom is 0.264 e. The van der Waals surface area contributed by atoms with Gasteiger partial charge in [0.25, 0.3) is 10.1 Å². The van der Waals surface area contributed by atoms with Crippen molar-refractivity contribution in [1.82, 2.24) is 0 Å². The second kappa shape index (κ2) is 4.39. The molecule has 0 aromatic rings. The molecule has 0 aliphatic heterocycles. The summed E-state index contributed by atoms with van der Waals surface area (Å²) < 4.78 is 29.2. The van der Waals surface area contributed by atoms with Gasteiger partial charge in [-0.05, 0) is 18.3 Å². The van der Waals surface area contributed by atoms with Gasteiger partial charge in [-0.15, -0.1) is 0 Å². The molecule has 0 fully saturated rings. The Labute approximate surface area is 80.3 Å². The van der Waals surface area contributed by atoms with Crippen LogP contribution in [0.1, 0.15) is 33.6 Å². The summed E-state index contributed by atoms with van der Waals surface area (Å²) in [5, 5.41) is 0. The van der Waals surface area contributed by atoms with E-state index in [0.29, 0.717) is 12.8 Å². The lowest BCUT2D eigenvalue weighted by atomic mass is 9.85. The van der Waals surface area contributed by atoms with Gasteiger partial charge in [-0.2, -0.15) is 8.42 Å². The molecule has 0 saturated heterocycles. The molecule has 0 bridgehead atoms. The second-order valence-electron chi connectivity index (χ2n) is 4.40. The molecule has 5 heteroatoms. The number of nitrogens with two attached hydrogens (primary N) is 1. The van der Waals surface area contributed by atoms with Crippen molar-refractivity contribution in [3.05, 3.63) is 0 Å². The van der Waals surface area contributed by atoms with Gasteiger partial charge in [0.15, 0.2) is 0 Å². The molecule has 0 aromatic heterocycles. The maximum atomic E-state index is 10.4. The summed E-state index contributed by atoms with van der Waals surface area (Å²) in [6, 6.07) is -0.0331. The van der Waals surface area contributed by atoms with Crippen molar-refractivity contribution >= 4 is 10.1 Å². The van der Waals surface area contributed by atoms with E-state index in [2.05, 4.69) is 0 Å². The minimum absolute atomic E-state index is 0.0147. The van der Waals surface area contributed by atoms with Crippen molar-refractivity contribution < 1.29 is 13.0 Å². The lowest BCUT2D eigenvalue weighted by molar-refractivity contribution is 0.303. The zero-order chi connectivity index (χ0) is 10.7. The van der Waals surface area contributed by atoms with Crippen molar-refractivity contribution in [3.8, 4) is 0 Å². The van der Waals surface area contributed by atoms with E-state index in [9.17, 15) is 8.42 Å². The average Bonchev–Trinajstić information content (AvgIpc) is 1.82. The summed E-state index contributed by atoms with van der Waals surface area (Å²) in [5.74, 6) is -0.198. The van der Waals surface area contributed by atoms with Crippen molar-refractivity contribution in [2.45, 2.75) is 39.7 Å². The van der Waals surface area contributed by atoms with E-state index in [0.717, 1.165) is 0 Å². The first-order valence-electron chi connectivity index (χ1n) is 4.33. The molecule has 80 valence electrons. The van der Waals surface area contributed by atoms with E-state index in [4.69, 9.17) is 10.3 Å². The molecule has 0 amide bonds. The van der Waals surface area contributed by atoms with Gasteiger partial charge in [0, 0.05) is 6.04 Å². The molecule has 0 saturated carbocycles. The molecule has 1 unspecified atom stereocenters. The Morgan fingerprint density at radius 3 is 2.15 bits per heavy atom. The van der Waals surface area contributed by atoms with E-state index < -0.39 is 10.1 Å². The van der Waals surface area contributed by atoms with E-state index in [1.807, 2.05) is 20.8 Å². The Bertz CT molecular complexity index is 241. The third kappa shape index (κ3) is 6.98. The van der Waals surface area contributed by atoms with Crippen LogP contribution in [-0.2, 0) is 10.1 Å². The lowest BCUT2D eigenvalue weighted by Gasteiger charge is -2.26. The van der Waals surface area contributed by atoms with Crippen LogP contribution in [0.5, 0.6) is 0 Å². The van der Waals surface area contributed by atoms with Gasteiger partial charge in [0.2, 0.25) is 0 Å². The van der Waals surface area contributed by atoms with Crippen molar-refractivity contribution in [2.24, 2.45) is 11.1 Å². The summed E-state index contributed by atoms with van der Waals surface area (Å²) in [4.78, 5) is 0. The maximum absolute atomic E-state index is 10.4. The summed E-state index contributed by atoms with van der Waals surface area (Å²) in [5.41, 5.74) is 5.79. The Morgan fingerprint density at radius 2 is 1.85 bits per heavy atom. The predicted octanol–water partition coefficient (Wildman–Crippen LogP) is 1.03. The van der Waals surface area contributed by atoms with Crippen LogP contribution in [0.25, 0.3) is 0 Å². The third-order valence-electron chi connectivity index (χ3n) is 2.03. The lowest BCUT2D eigenvalue weighted by Crippen LogP contribution is -2.35. The topological polar surface area (TPSA) is 80.4 Å². The van der Waals surface area contributed by atoms with E-state index in [1.54, 1.807) is 0 Å². The third-order valence-corrected chi connectivity index (χ3v) is 2.83. The molecule has 0 radical (unpaired) electrons. The first-order chi connectivity index (χ1) is 5.63. The molecule has 3 N–H and O–H groups in total.